The van der Waals surface area contributed by atoms with Gasteiger partial charge in [0.05, 0.1) is 22.3 Å². The first-order chi connectivity index (χ1) is 15.3. The summed E-state index contributed by atoms with van der Waals surface area (Å²) in [5, 5.41) is 14.3. The van der Waals surface area contributed by atoms with Gasteiger partial charge in [-0.05, 0) is 41.8 Å². The highest BCUT2D eigenvalue weighted by Crippen LogP contribution is 2.34. The van der Waals surface area contributed by atoms with Crippen LogP contribution in [0.15, 0.2) is 24.3 Å². The second-order valence-corrected chi connectivity index (χ2v) is 9.93. The zero-order chi connectivity index (χ0) is 21.0. The van der Waals surface area contributed by atoms with Crippen LogP contribution in [0.5, 0.6) is 0 Å². The number of aromatic nitrogens is 5. The van der Waals surface area contributed by atoms with E-state index in [1.165, 1.54) is 49.6 Å². The standard InChI is InChI=1S/C23H33N7S/c1-2-3-12-20(22-25-26-27-30(22)18-9-5-4-6-10-18)28-14-16-29(17-15-28)23-24-19-11-7-8-13-21(19)31-23/h7-8,11,13,18,20H,2-6,9-10,12,14-17H2,1H3/t20-/m0/s1. The van der Waals surface area contributed by atoms with Crippen molar-refractivity contribution in [3.8, 4) is 0 Å². The molecule has 0 N–H and O–H groups in total. The Labute approximate surface area is 188 Å². The quantitative estimate of drug-likeness (QED) is 0.525. The van der Waals surface area contributed by atoms with Crippen LogP contribution in [0.3, 0.4) is 0 Å². The maximum Gasteiger partial charge on any atom is 0.186 e. The van der Waals surface area contributed by atoms with Crippen molar-refractivity contribution in [2.45, 2.75) is 70.4 Å². The Bertz CT molecular complexity index is 936. The van der Waals surface area contributed by atoms with Crippen molar-refractivity contribution in [1.82, 2.24) is 30.1 Å². The van der Waals surface area contributed by atoms with Gasteiger partial charge in [0.2, 0.25) is 0 Å². The summed E-state index contributed by atoms with van der Waals surface area (Å²) in [7, 11) is 0. The summed E-state index contributed by atoms with van der Waals surface area (Å²) in [6.07, 6.45) is 9.90. The Morgan fingerprint density at radius 1 is 1.06 bits per heavy atom. The third-order valence-corrected chi connectivity index (χ3v) is 7.97. The Morgan fingerprint density at radius 3 is 2.65 bits per heavy atom. The summed E-state index contributed by atoms with van der Waals surface area (Å²) < 4.78 is 3.45. The highest BCUT2D eigenvalue weighted by molar-refractivity contribution is 7.22. The van der Waals surface area contributed by atoms with Crippen LogP contribution in [0, 0.1) is 0 Å². The number of benzene rings is 1. The summed E-state index contributed by atoms with van der Waals surface area (Å²) in [4.78, 5) is 9.93. The number of hydrogen-bond donors (Lipinski definition) is 0. The minimum atomic E-state index is 0.314. The van der Waals surface area contributed by atoms with Crippen LogP contribution in [0.4, 0.5) is 5.13 Å². The molecule has 31 heavy (non-hydrogen) atoms. The molecule has 7 nitrogen and oxygen atoms in total. The average molecular weight is 440 g/mol. The van der Waals surface area contributed by atoms with Crippen LogP contribution in [-0.2, 0) is 0 Å². The predicted molar refractivity (Wildman–Crippen MR) is 126 cm³/mol. The second kappa shape index (κ2) is 9.61. The van der Waals surface area contributed by atoms with Crippen molar-refractivity contribution < 1.29 is 0 Å². The molecular weight excluding hydrogens is 406 g/mol. The van der Waals surface area contributed by atoms with Crippen LogP contribution in [0.1, 0.15) is 76.2 Å². The zero-order valence-corrected chi connectivity index (χ0v) is 19.3. The monoisotopic (exact) mass is 439 g/mol. The molecule has 3 aromatic rings. The molecule has 0 unspecified atom stereocenters. The maximum absolute atomic E-state index is 4.87. The molecule has 166 valence electrons. The van der Waals surface area contributed by atoms with Gasteiger partial charge in [0.25, 0.3) is 0 Å². The van der Waals surface area contributed by atoms with Crippen LogP contribution in [0.2, 0.25) is 0 Å². The first-order valence-corrected chi connectivity index (χ1v) is 12.8. The third kappa shape index (κ3) is 4.46. The first-order valence-electron chi connectivity index (χ1n) is 12.0. The minimum absolute atomic E-state index is 0.314. The fourth-order valence-electron chi connectivity index (χ4n) is 5.10. The lowest BCUT2D eigenvalue weighted by atomic mass is 9.95. The molecule has 8 heteroatoms. The number of thiazole rings is 1. The van der Waals surface area contributed by atoms with E-state index in [2.05, 4.69) is 61.2 Å². The average Bonchev–Trinajstić information content (AvgIpc) is 3.48. The molecule has 1 saturated carbocycles. The fraction of sp³-hybridized carbons (Fsp3) is 0.652. The van der Waals surface area contributed by atoms with E-state index in [0.29, 0.717) is 12.1 Å². The zero-order valence-electron chi connectivity index (χ0n) is 18.5. The molecule has 1 saturated heterocycles. The third-order valence-electron chi connectivity index (χ3n) is 6.88. The molecule has 1 aliphatic carbocycles. The molecule has 0 bridgehead atoms. The SMILES string of the molecule is CCCC[C@@H](c1nnnn1C1CCCCC1)N1CCN(c2nc3ccccc3s2)CC1. The molecule has 5 rings (SSSR count). The normalized spacial score (nSPS) is 19.8. The van der Waals surface area contributed by atoms with Gasteiger partial charge in [0.1, 0.15) is 0 Å². The molecule has 2 fully saturated rings. The summed E-state index contributed by atoms with van der Waals surface area (Å²) >= 11 is 1.81. The second-order valence-electron chi connectivity index (χ2n) is 8.92. The van der Waals surface area contributed by atoms with Crippen molar-refractivity contribution in [1.29, 1.82) is 0 Å². The van der Waals surface area contributed by atoms with Crippen LogP contribution in [0.25, 0.3) is 10.2 Å². The Hall–Kier alpha value is -2.06. The highest BCUT2D eigenvalue weighted by atomic mass is 32.1. The highest BCUT2D eigenvalue weighted by Gasteiger charge is 2.31. The Balaban J connectivity index is 1.31. The van der Waals surface area contributed by atoms with Crippen LogP contribution in [-0.4, -0.2) is 56.3 Å². The first kappa shape index (κ1) is 20.8. The van der Waals surface area contributed by atoms with Gasteiger partial charge < -0.3 is 4.90 Å². The Morgan fingerprint density at radius 2 is 1.87 bits per heavy atom. The number of hydrogen-bond acceptors (Lipinski definition) is 7. The van der Waals surface area contributed by atoms with E-state index in [4.69, 9.17) is 4.98 Å². The van der Waals surface area contributed by atoms with E-state index < -0.39 is 0 Å². The largest absolute Gasteiger partial charge is 0.345 e. The molecule has 1 aliphatic heterocycles. The van der Waals surface area contributed by atoms with Crippen molar-refractivity contribution in [3.05, 3.63) is 30.1 Å². The van der Waals surface area contributed by atoms with E-state index in [1.54, 1.807) is 11.3 Å². The smallest absolute Gasteiger partial charge is 0.186 e. The lowest BCUT2D eigenvalue weighted by molar-refractivity contribution is 0.157. The minimum Gasteiger partial charge on any atom is -0.345 e. The number of fused-ring (bicyclic) bond motifs is 1. The van der Waals surface area contributed by atoms with Gasteiger partial charge in [0.15, 0.2) is 11.0 Å². The van der Waals surface area contributed by atoms with Gasteiger partial charge >= 0.3 is 0 Å². The summed E-state index contributed by atoms with van der Waals surface area (Å²) in [5.74, 6) is 1.09. The number of piperazine rings is 1. The Kier molecular flexibility index (Phi) is 6.45. The van der Waals surface area contributed by atoms with Crippen molar-refractivity contribution in [2.75, 3.05) is 31.1 Å². The summed E-state index contributed by atoms with van der Waals surface area (Å²) in [5.41, 5.74) is 1.11. The molecule has 1 aromatic carbocycles. The lowest BCUT2D eigenvalue weighted by Crippen LogP contribution is -2.48. The molecule has 1 atom stereocenters. The molecular formula is C23H33N7S. The lowest BCUT2D eigenvalue weighted by Gasteiger charge is -2.39. The maximum atomic E-state index is 4.87. The van der Waals surface area contributed by atoms with E-state index >= 15 is 0 Å². The van der Waals surface area contributed by atoms with E-state index in [1.807, 2.05) is 0 Å². The van der Waals surface area contributed by atoms with Gasteiger partial charge in [-0.15, -0.1) is 5.10 Å². The number of unbranched alkanes of at least 4 members (excludes halogenated alkanes) is 1. The molecule has 3 heterocycles. The molecule has 0 radical (unpaired) electrons. The topological polar surface area (TPSA) is 63.0 Å². The molecule has 0 amide bonds. The van der Waals surface area contributed by atoms with Crippen molar-refractivity contribution in [3.63, 3.8) is 0 Å². The van der Waals surface area contributed by atoms with Gasteiger partial charge in [-0.25, -0.2) is 9.67 Å². The van der Waals surface area contributed by atoms with Crippen LogP contribution < -0.4 is 4.90 Å². The molecule has 2 aromatic heterocycles. The number of anilines is 1. The number of rotatable bonds is 7. The van der Waals surface area contributed by atoms with Gasteiger partial charge in [-0.2, -0.15) is 0 Å². The fourth-order valence-corrected chi connectivity index (χ4v) is 6.12. The van der Waals surface area contributed by atoms with Crippen molar-refractivity contribution in [2.24, 2.45) is 0 Å². The van der Waals surface area contributed by atoms with Gasteiger partial charge in [-0.1, -0.05) is 62.5 Å². The van der Waals surface area contributed by atoms with Gasteiger partial charge in [0, 0.05) is 26.2 Å². The van der Waals surface area contributed by atoms with Crippen molar-refractivity contribution >= 4 is 26.7 Å². The van der Waals surface area contributed by atoms with E-state index in [9.17, 15) is 0 Å². The summed E-state index contributed by atoms with van der Waals surface area (Å²) in [6.45, 7) is 6.34. The number of tetrazole rings is 1. The number of para-hydroxylation sites is 1. The number of nitrogens with zero attached hydrogens (tertiary/aromatic N) is 7. The van der Waals surface area contributed by atoms with E-state index in [-0.39, 0.29) is 0 Å². The van der Waals surface area contributed by atoms with E-state index in [0.717, 1.165) is 49.1 Å². The molecule has 0 spiro atoms. The van der Waals surface area contributed by atoms with Crippen LogP contribution >= 0.6 is 11.3 Å². The molecule has 2 aliphatic rings. The van der Waals surface area contributed by atoms with Gasteiger partial charge in [-0.3, -0.25) is 4.90 Å². The predicted octanol–water partition coefficient (Wildman–Crippen LogP) is 4.84. The summed E-state index contributed by atoms with van der Waals surface area (Å²) in [6, 6.07) is 9.23.